The van der Waals surface area contributed by atoms with Crippen molar-refractivity contribution in [2.45, 2.75) is 38.3 Å². The maximum absolute atomic E-state index is 14.8. The maximum Gasteiger partial charge on any atom is 0.404 e. The summed E-state index contributed by atoms with van der Waals surface area (Å²) in [4.78, 5) is 19.7. The Morgan fingerprint density at radius 1 is 1.36 bits per heavy atom. The van der Waals surface area contributed by atoms with Crippen LogP contribution in [0.25, 0.3) is 5.69 Å². The van der Waals surface area contributed by atoms with Crippen LogP contribution in [-0.2, 0) is 0 Å². The van der Waals surface area contributed by atoms with Gasteiger partial charge in [-0.05, 0) is 43.4 Å². The molecule has 0 radical (unpaired) electrons. The molecule has 4 N–H and O–H groups in total. The van der Waals surface area contributed by atoms with Gasteiger partial charge >= 0.3 is 6.09 Å². The van der Waals surface area contributed by atoms with Crippen molar-refractivity contribution in [2.24, 2.45) is 5.92 Å². The molecule has 0 aliphatic heterocycles. The van der Waals surface area contributed by atoms with Gasteiger partial charge in [-0.3, -0.25) is 4.98 Å². The highest BCUT2D eigenvalue weighted by molar-refractivity contribution is 5.67. The van der Waals surface area contributed by atoms with E-state index in [4.69, 9.17) is 5.11 Å². The van der Waals surface area contributed by atoms with Gasteiger partial charge in [-0.2, -0.15) is 10.4 Å². The Balaban J connectivity index is 1.62. The van der Waals surface area contributed by atoms with Gasteiger partial charge in [0.2, 0.25) is 0 Å². The number of carboxylic acid groups (broad SMARTS) is 1. The Labute approximate surface area is 189 Å². The van der Waals surface area contributed by atoms with E-state index >= 15 is 0 Å². The van der Waals surface area contributed by atoms with Crippen LogP contribution in [0.4, 0.5) is 26.5 Å². The minimum absolute atomic E-state index is 0.0289. The van der Waals surface area contributed by atoms with Crippen LogP contribution in [-0.4, -0.2) is 43.0 Å². The normalized spacial score (nSPS) is 14.7. The quantitative estimate of drug-likeness (QED) is 0.387. The number of nitriles is 1. The largest absolute Gasteiger partial charge is 0.465 e. The molecule has 3 heterocycles. The van der Waals surface area contributed by atoms with Gasteiger partial charge in [0.15, 0.2) is 17.5 Å². The lowest BCUT2D eigenvalue weighted by molar-refractivity contribution is 0.187. The topological polar surface area (TPSA) is 141 Å². The summed E-state index contributed by atoms with van der Waals surface area (Å²) in [5.74, 6) is -0.355. The van der Waals surface area contributed by atoms with Crippen molar-refractivity contribution in [1.29, 1.82) is 5.26 Å². The van der Waals surface area contributed by atoms with Crippen molar-refractivity contribution < 1.29 is 14.3 Å². The highest BCUT2D eigenvalue weighted by Gasteiger charge is 2.37. The molecule has 33 heavy (non-hydrogen) atoms. The number of halogens is 1. The first kappa shape index (κ1) is 22.0. The monoisotopic (exact) mass is 450 g/mol. The summed E-state index contributed by atoms with van der Waals surface area (Å²) in [6.45, 7) is 1.87. The highest BCUT2D eigenvalue weighted by atomic mass is 19.1. The van der Waals surface area contributed by atoms with Crippen LogP contribution >= 0.6 is 0 Å². The second-order valence-electron chi connectivity index (χ2n) is 7.81. The van der Waals surface area contributed by atoms with Gasteiger partial charge in [-0.15, -0.1) is 0 Å². The standard InChI is InChI=1S/C22H23FN8O2/c1-2-18(28-22(32)33)19(13-4-5-13)29-21-17(23)8-14(10-24)20(30-21)27-15-9-16(12-25-11-15)31-7-3-6-26-31/h3,6-9,11-13,18-19,28H,2,4-5H2,1H3,(H,32,33)(H2,27,29,30)/t18-,19+/m0/s1. The van der Waals surface area contributed by atoms with Gasteiger partial charge in [-0.1, -0.05) is 6.92 Å². The minimum atomic E-state index is -1.13. The van der Waals surface area contributed by atoms with Crippen LogP contribution in [0.5, 0.6) is 0 Å². The zero-order valence-electron chi connectivity index (χ0n) is 17.9. The number of anilines is 3. The van der Waals surface area contributed by atoms with Crippen LogP contribution < -0.4 is 16.0 Å². The zero-order valence-corrected chi connectivity index (χ0v) is 17.9. The van der Waals surface area contributed by atoms with Gasteiger partial charge in [0.05, 0.1) is 41.4 Å². The minimum Gasteiger partial charge on any atom is -0.465 e. The molecule has 0 unspecified atom stereocenters. The maximum atomic E-state index is 14.8. The molecule has 10 nitrogen and oxygen atoms in total. The Kier molecular flexibility index (Phi) is 6.35. The van der Waals surface area contributed by atoms with Crippen molar-refractivity contribution in [1.82, 2.24) is 25.1 Å². The van der Waals surface area contributed by atoms with Crippen LogP contribution in [0, 0.1) is 23.1 Å². The summed E-state index contributed by atoms with van der Waals surface area (Å²) < 4.78 is 16.4. The van der Waals surface area contributed by atoms with E-state index in [2.05, 4.69) is 31.0 Å². The molecule has 0 spiro atoms. The van der Waals surface area contributed by atoms with E-state index in [1.54, 1.807) is 41.6 Å². The van der Waals surface area contributed by atoms with Gasteiger partial charge < -0.3 is 21.1 Å². The first-order valence-electron chi connectivity index (χ1n) is 10.6. The summed E-state index contributed by atoms with van der Waals surface area (Å²) in [7, 11) is 0. The molecular formula is C22H23FN8O2. The molecule has 1 aliphatic rings. The summed E-state index contributed by atoms with van der Waals surface area (Å²) in [5, 5.41) is 31.5. The molecule has 0 aromatic carbocycles. The summed E-state index contributed by atoms with van der Waals surface area (Å²) in [6.07, 6.45) is 7.86. The van der Waals surface area contributed by atoms with Crippen molar-refractivity contribution >= 4 is 23.4 Å². The SMILES string of the molecule is CC[C@H](NC(=O)O)[C@H](Nc1nc(Nc2cncc(-n3cccn3)c2)c(C#N)cc1F)C1CC1. The molecule has 2 atom stereocenters. The number of nitrogens with one attached hydrogen (secondary N) is 3. The molecule has 1 amide bonds. The number of rotatable bonds is 9. The Bertz CT molecular complexity index is 1170. The van der Waals surface area contributed by atoms with E-state index in [0.29, 0.717) is 17.8 Å². The molecule has 0 saturated heterocycles. The third-order valence-electron chi connectivity index (χ3n) is 5.47. The van der Waals surface area contributed by atoms with E-state index in [9.17, 15) is 14.4 Å². The van der Waals surface area contributed by atoms with Crippen molar-refractivity contribution in [3.63, 3.8) is 0 Å². The first-order chi connectivity index (χ1) is 16.0. The Morgan fingerprint density at radius 3 is 2.82 bits per heavy atom. The molecule has 11 heteroatoms. The molecule has 3 aromatic heterocycles. The zero-order chi connectivity index (χ0) is 23.4. The Hall–Kier alpha value is -4.20. The average molecular weight is 450 g/mol. The first-order valence-corrected chi connectivity index (χ1v) is 10.6. The van der Waals surface area contributed by atoms with E-state index in [1.807, 2.05) is 13.0 Å². The smallest absolute Gasteiger partial charge is 0.404 e. The summed E-state index contributed by atoms with van der Waals surface area (Å²) in [6, 6.07) is 5.90. The van der Waals surface area contributed by atoms with Crippen LogP contribution in [0.2, 0.25) is 0 Å². The number of hydrogen-bond acceptors (Lipinski definition) is 7. The fourth-order valence-electron chi connectivity index (χ4n) is 3.71. The number of carbonyl (C=O) groups is 1. The van der Waals surface area contributed by atoms with Crippen molar-refractivity contribution in [3.8, 4) is 11.8 Å². The predicted octanol–water partition coefficient (Wildman–Crippen LogP) is 3.65. The lowest BCUT2D eigenvalue weighted by Crippen LogP contribution is -2.47. The molecule has 1 saturated carbocycles. The third-order valence-corrected chi connectivity index (χ3v) is 5.47. The van der Waals surface area contributed by atoms with Crippen LogP contribution in [0.3, 0.4) is 0 Å². The number of aromatic nitrogens is 4. The van der Waals surface area contributed by atoms with Gasteiger partial charge in [0.1, 0.15) is 6.07 Å². The highest BCUT2D eigenvalue weighted by Crippen LogP contribution is 2.37. The van der Waals surface area contributed by atoms with Gasteiger partial charge in [-0.25, -0.2) is 18.9 Å². The van der Waals surface area contributed by atoms with Gasteiger partial charge in [0, 0.05) is 12.4 Å². The number of nitrogens with zero attached hydrogens (tertiary/aromatic N) is 5. The summed E-state index contributed by atoms with van der Waals surface area (Å²) >= 11 is 0. The second kappa shape index (κ2) is 9.52. The summed E-state index contributed by atoms with van der Waals surface area (Å²) in [5.41, 5.74) is 1.27. The molecule has 0 bridgehead atoms. The molecule has 3 aromatic rings. The second-order valence-corrected chi connectivity index (χ2v) is 7.81. The Morgan fingerprint density at radius 2 is 2.18 bits per heavy atom. The molecule has 170 valence electrons. The van der Waals surface area contributed by atoms with E-state index in [1.165, 1.54) is 0 Å². The molecule has 1 fully saturated rings. The lowest BCUT2D eigenvalue weighted by Gasteiger charge is -2.28. The van der Waals surface area contributed by atoms with Gasteiger partial charge in [0.25, 0.3) is 0 Å². The van der Waals surface area contributed by atoms with Crippen LogP contribution in [0.1, 0.15) is 31.7 Å². The number of hydrogen-bond donors (Lipinski definition) is 4. The third kappa shape index (κ3) is 5.17. The fourth-order valence-corrected chi connectivity index (χ4v) is 3.71. The van der Waals surface area contributed by atoms with Crippen molar-refractivity contribution in [2.75, 3.05) is 10.6 Å². The van der Waals surface area contributed by atoms with E-state index in [0.717, 1.165) is 18.9 Å². The van der Waals surface area contributed by atoms with E-state index in [-0.39, 0.29) is 29.2 Å². The van der Waals surface area contributed by atoms with E-state index < -0.39 is 18.0 Å². The number of pyridine rings is 2. The van der Waals surface area contributed by atoms with Crippen molar-refractivity contribution in [3.05, 3.63) is 54.4 Å². The predicted molar refractivity (Wildman–Crippen MR) is 119 cm³/mol. The molecular weight excluding hydrogens is 427 g/mol. The fraction of sp³-hybridized carbons (Fsp3) is 0.318. The lowest BCUT2D eigenvalue weighted by atomic mass is 10.0. The molecule has 1 aliphatic carbocycles. The molecule has 4 rings (SSSR count). The number of amides is 1. The average Bonchev–Trinajstić information content (AvgIpc) is 3.50. The van der Waals surface area contributed by atoms with Crippen LogP contribution in [0.15, 0.2) is 43.0 Å².